The number of carbonyl (C=O) groups excluding carboxylic acids is 1. The Hall–Kier alpha value is -3.16. The molecule has 0 saturated heterocycles. The summed E-state index contributed by atoms with van der Waals surface area (Å²) in [5, 5.41) is 7.69. The summed E-state index contributed by atoms with van der Waals surface area (Å²) in [6, 6.07) is 8.19. The Balaban J connectivity index is 1.50. The predicted molar refractivity (Wildman–Crippen MR) is 107 cm³/mol. The van der Waals surface area contributed by atoms with Crippen molar-refractivity contribution < 1.29 is 4.79 Å². The number of aromatic nitrogens is 4. The van der Waals surface area contributed by atoms with Crippen LogP contribution in [-0.4, -0.2) is 43.6 Å². The van der Waals surface area contributed by atoms with Gasteiger partial charge in [-0.05, 0) is 38.3 Å². The van der Waals surface area contributed by atoms with E-state index in [-0.39, 0.29) is 29.5 Å². The van der Waals surface area contributed by atoms with Gasteiger partial charge in [-0.3, -0.25) is 14.6 Å². The molecular weight excluding hydrogens is 356 g/mol. The van der Waals surface area contributed by atoms with Crippen molar-refractivity contribution >= 4 is 22.9 Å². The number of hydrogen-bond donors (Lipinski definition) is 2. The molecule has 3 aromatic rings. The summed E-state index contributed by atoms with van der Waals surface area (Å²) in [5.41, 5.74) is 2.40. The zero-order chi connectivity index (χ0) is 19.9. The lowest BCUT2D eigenvalue weighted by Crippen LogP contribution is -2.39. The number of rotatable bonds is 3. The van der Waals surface area contributed by atoms with Crippen LogP contribution in [-0.2, 0) is 23.3 Å². The van der Waals surface area contributed by atoms with Gasteiger partial charge in [0.05, 0.1) is 18.3 Å². The molecule has 0 spiro atoms. The van der Waals surface area contributed by atoms with Crippen molar-refractivity contribution in [2.45, 2.75) is 39.3 Å². The quantitative estimate of drug-likeness (QED) is 0.723. The number of aromatic amines is 1. The summed E-state index contributed by atoms with van der Waals surface area (Å²) in [6.45, 7) is 7.35. The van der Waals surface area contributed by atoms with Gasteiger partial charge in [0.15, 0.2) is 5.65 Å². The van der Waals surface area contributed by atoms with E-state index >= 15 is 0 Å². The number of amides is 1. The topological polar surface area (TPSA) is 95.9 Å². The molecule has 8 heteroatoms. The SMILES string of the molecule is CC(C)(C)n1ncc2c(=O)[nH]c(NCC(=O)N3CCc4ccccc4C3)nc21. The van der Waals surface area contributed by atoms with Crippen LogP contribution in [0.5, 0.6) is 0 Å². The maximum absolute atomic E-state index is 12.6. The van der Waals surface area contributed by atoms with Crippen molar-refractivity contribution in [3.63, 3.8) is 0 Å². The van der Waals surface area contributed by atoms with Crippen LogP contribution in [0.1, 0.15) is 31.9 Å². The second-order valence-corrected chi connectivity index (χ2v) is 8.07. The summed E-state index contributed by atoms with van der Waals surface area (Å²) in [5.74, 6) is 0.246. The van der Waals surface area contributed by atoms with Gasteiger partial charge in [-0.15, -0.1) is 0 Å². The Labute approximate surface area is 162 Å². The highest BCUT2D eigenvalue weighted by atomic mass is 16.2. The third-order valence-corrected chi connectivity index (χ3v) is 4.96. The molecule has 4 rings (SSSR count). The molecule has 1 aliphatic heterocycles. The first kappa shape index (κ1) is 18.2. The van der Waals surface area contributed by atoms with Crippen LogP contribution in [0.2, 0.25) is 0 Å². The third kappa shape index (κ3) is 3.37. The Kier molecular flexibility index (Phi) is 4.41. The van der Waals surface area contributed by atoms with Gasteiger partial charge >= 0.3 is 0 Å². The molecule has 1 aliphatic rings. The Morgan fingerprint density at radius 3 is 2.75 bits per heavy atom. The minimum absolute atomic E-state index is 0.0263. The van der Waals surface area contributed by atoms with E-state index in [1.54, 1.807) is 4.68 Å². The van der Waals surface area contributed by atoms with E-state index in [9.17, 15) is 9.59 Å². The first-order valence-corrected chi connectivity index (χ1v) is 9.40. The van der Waals surface area contributed by atoms with Gasteiger partial charge < -0.3 is 10.2 Å². The molecule has 3 heterocycles. The molecule has 0 fully saturated rings. The van der Waals surface area contributed by atoms with Gasteiger partial charge in [0.25, 0.3) is 5.56 Å². The number of nitrogens with one attached hydrogen (secondary N) is 2. The van der Waals surface area contributed by atoms with E-state index < -0.39 is 0 Å². The molecule has 1 amide bonds. The van der Waals surface area contributed by atoms with Crippen molar-refractivity contribution in [3.8, 4) is 0 Å². The predicted octanol–water partition coefficient (Wildman–Crippen LogP) is 1.87. The van der Waals surface area contributed by atoms with Crippen molar-refractivity contribution in [2.24, 2.45) is 0 Å². The van der Waals surface area contributed by atoms with E-state index in [2.05, 4.69) is 32.5 Å². The number of anilines is 1. The Morgan fingerprint density at radius 1 is 1.25 bits per heavy atom. The van der Waals surface area contributed by atoms with Crippen LogP contribution < -0.4 is 10.9 Å². The minimum Gasteiger partial charge on any atom is -0.347 e. The van der Waals surface area contributed by atoms with Gasteiger partial charge in [0.2, 0.25) is 11.9 Å². The standard InChI is InChI=1S/C20H24N6O2/c1-20(2,3)26-17-15(10-22-26)18(28)24-19(23-17)21-11-16(27)25-9-8-13-6-4-5-7-14(13)12-25/h4-7,10H,8-9,11-12H2,1-3H3,(H2,21,23,24,28). The average Bonchev–Trinajstić information content (AvgIpc) is 3.10. The van der Waals surface area contributed by atoms with Crippen LogP contribution in [0, 0.1) is 0 Å². The van der Waals surface area contributed by atoms with Crippen LogP contribution in [0.25, 0.3) is 11.0 Å². The summed E-state index contributed by atoms with van der Waals surface area (Å²) in [7, 11) is 0. The van der Waals surface area contributed by atoms with Crippen LogP contribution in [0.4, 0.5) is 5.95 Å². The molecule has 2 N–H and O–H groups in total. The molecule has 0 aliphatic carbocycles. The molecule has 8 nitrogen and oxygen atoms in total. The van der Waals surface area contributed by atoms with Crippen LogP contribution >= 0.6 is 0 Å². The molecule has 2 aromatic heterocycles. The maximum atomic E-state index is 12.6. The minimum atomic E-state index is -0.309. The van der Waals surface area contributed by atoms with Crippen LogP contribution in [0.3, 0.4) is 0 Å². The van der Waals surface area contributed by atoms with Crippen molar-refractivity contribution in [3.05, 3.63) is 51.9 Å². The second-order valence-electron chi connectivity index (χ2n) is 8.07. The fourth-order valence-corrected chi connectivity index (χ4v) is 3.47. The molecule has 28 heavy (non-hydrogen) atoms. The first-order valence-electron chi connectivity index (χ1n) is 9.40. The number of fused-ring (bicyclic) bond motifs is 2. The lowest BCUT2D eigenvalue weighted by atomic mass is 10.00. The van der Waals surface area contributed by atoms with Gasteiger partial charge in [-0.25, -0.2) is 4.68 Å². The molecule has 0 atom stereocenters. The lowest BCUT2D eigenvalue weighted by Gasteiger charge is -2.29. The highest BCUT2D eigenvalue weighted by molar-refractivity contribution is 5.81. The number of nitrogens with zero attached hydrogens (tertiary/aromatic N) is 4. The molecule has 0 unspecified atom stereocenters. The zero-order valence-corrected chi connectivity index (χ0v) is 16.3. The third-order valence-electron chi connectivity index (χ3n) is 4.96. The van der Waals surface area contributed by atoms with E-state index in [0.29, 0.717) is 24.1 Å². The van der Waals surface area contributed by atoms with Crippen molar-refractivity contribution in [1.82, 2.24) is 24.6 Å². The normalized spacial score (nSPS) is 14.2. The number of hydrogen-bond acceptors (Lipinski definition) is 5. The summed E-state index contributed by atoms with van der Waals surface area (Å²) in [4.78, 5) is 34.0. The second kappa shape index (κ2) is 6.78. The number of H-pyrrole nitrogens is 1. The Bertz CT molecular complexity index is 1090. The molecule has 0 saturated carbocycles. The summed E-state index contributed by atoms with van der Waals surface area (Å²) >= 11 is 0. The first-order chi connectivity index (χ1) is 13.3. The van der Waals surface area contributed by atoms with E-state index in [0.717, 1.165) is 6.42 Å². The van der Waals surface area contributed by atoms with E-state index in [1.165, 1.54) is 17.3 Å². The van der Waals surface area contributed by atoms with Gasteiger partial charge in [-0.1, -0.05) is 24.3 Å². The summed E-state index contributed by atoms with van der Waals surface area (Å²) < 4.78 is 1.71. The molecule has 0 bridgehead atoms. The molecular formula is C20H24N6O2. The van der Waals surface area contributed by atoms with Gasteiger partial charge in [0, 0.05) is 13.1 Å². The Morgan fingerprint density at radius 2 is 2.00 bits per heavy atom. The van der Waals surface area contributed by atoms with Gasteiger partial charge in [-0.2, -0.15) is 10.1 Å². The average molecular weight is 380 g/mol. The molecule has 1 aromatic carbocycles. The maximum Gasteiger partial charge on any atom is 0.263 e. The van der Waals surface area contributed by atoms with Crippen molar-refractivity contribution in [2.75, 3.05) is 18.4 Å². The van der Waals surface area contributed by atoms with E-state index in [1.807, 2.05) is 37.8 Å². The van der Waals surface area contributed by atoms with Gasteiger partial charge in [0.1, 0.15) is 5.39 Å². The fraction of sp³-hybridized carbons (Fsp3) is 0.400. The lowest BCUT2D eigenvalue weighted by molar-refractivity contribution is -0.130. The fourth-order valence-electron chi connectivity index (χ4n) is 3.47. The van der Waals surface area contributed by atoms with Crippen molar-refractivity contribution in [1.29, 1.82) is 0 Å². The highest BCUT2D eigenvalue weighted by Gasteiger charge is 2.22. The number of carbonyl (C=O) groups is 1. The largest absolute Gasteiger partial charge is 0.347 e. The zero-order valence-electron chi connectivity index (χ0n) is 16.3. The molecule has 0 radical (unpaired) electrons. The highest BCUT2D eigenvalue weighted by Crippen LogP contribution is 2.20. The number of benzene rings is 1. The molecule has 146 valence electrons. The van der Waals surface area contributed by atoms with Crippen LogP contribution in [0.15, 0.2) is 35.3 Å². The van der Waals surface area contributed by atoms with E-state index in [4.69, 9.17) is 0 Å². The smallest absolute Gasteiger partial charge is 0.263 e. The monoisotopic (exact) mass is 380 g/mol. The summed E-state index contributed by atoms with van der Waals surface area (Å²) in [6.07, 6.45) is 2.38.